The van der Waals surface area contributed by atoms with Crippen molar-refractivity contribution in [1.82, 2.24) is 24.0 Å². The molecule has 12 heteroatoms. The van der Waals surface area contributed by atoms with Crippen LogP contribution in [0.2, 0.25) is 5.02 Å². The van der Waals surface area contributed by atoms with Gasteiger partial charge in [-0.1, -0.05) is 54.1 Å². The molecule has 3 heterocycles. The summed E-state index contributed by atoms with van der Waals surface area (Å²) in [4.78, 5) is 31.0. The van der Waals surface area contributed by atoms with E-state index < -0.39 is 23.0 Å². The number of benzene rings is 1. The zero-order chi connectivity index (χ0) is 27.8. The maximum Gasteiger partial charge on any atom is 0.417 e. The van der Waals surface area contributed by atoms with Gasteiger partial charge in [0.1, 0.15) is 0 Å². The van der Waals surface area contributed by atoms with Crippen molar-refractivity contribution in [1.29, 1.82) is 0 Å². The SMILES string of the molecule is C=C(/C=C\C(Cl)=C/C)c1c(-c2ccc(Cl)cc2)c(=O)n(Cc2ccc(C(F)(F)F)cn2)n2c(=O)n(C)nc12. The van der Waals surface area contributed by atoms with Crippen LogP contribution in [0.25, 0.3) is 22.3 Å². The molecule has 0 aliphatic rings. The summed E-state index contributed by atoms with van der Waals surface area (Å²) >= 11 is 12.2. The first-order chi connectivity index (χ1) is 17.9. The molecule has 4 aromatic rings. The largest absolute Gasteiger partial charge is 0.417 e. The molecule has 196 valence electrons. The zero-order valence-electron chi connectivity index (χ0n) is 20.1. The smallest absolute Gasteiger partial charge is 0.267 e. The fraction of sp³-hybridized carbons (Fsp3) is 0.154. The van der Waals surface area contributed by atoms with Gasteiger partial charge in [0.05, 0.1) is 23.4 Å². The van der Waals surface area contributed by atoms with Crippen LogP contribution in [0.5, 0.6) is 0 Å². The third-order valence-electron chi connectivity index (χ3n) is 5.70. The second kappa shape index (κ2) is 10.5. The van der Waals surface area contributed by atoms with Crippen LogP contribution in [-0.2, 0) is 19.8 Å². The Morgan fingerprint density at radius 3 is 2.37 bits per heavy atom. The molecule has 0 aliphatic heterocycles. The van der Waals surface area contributed by atoms with E-state index in [2.05, 4.69) is 16.7 Å². The van der Waals surface area contributed by atoms with Gasteiger partial charge in [-0.3, -0.25) is 9.78 Å². The molecule has 0 spiro atoms. The summed E-state index contributed by atoms with van der Waals surface area (Å²) in [6, 6.07) is 8.49. The number of aromatic nitrogens is 5. The predicted octanol–water partition coefficient (Wildman–Crippen LogP) is 5.69. The van der Waals surface area contributed by atoms with E-state index in [1.54, 1.807) is 49.4 Å². The van der Waals surface area contributed by atoms with Crippen LogP contribution < -0.4 is 11.2 Å². The van der Waals surface area contributed by atoms with Crippen molar-refractivity contribution in [3.05, 3.63) is 115 Å². The topological polar surface area (TPSA) is 74.2 Å². The number of fused-ring (bicyclic) bond motifs is 1. The van der Waals surface area contributed by atoms with Gasteiger partial charge < -0.3 is 0 Å². The highest BCUT2D eigenvalue weighted by Crippen LogP contribution is 2.31. The molecule has 0 N–H and O–H groups in total. The van der Waals surface area contributed by atoms with Crippen molar-refractivity contribution in [3.8, 4) is 11.1 Å². The first-order valence-electron chi connectivity index (χ1n) is 11.1. The fourth-order valence-corrected chi connectivity index (χ4v) is 3.99. The van der Waals surface area contributed by atoms with E-state index in [9.17, 15) is 22.8 Å². The second-order valence-electron chi connectivity index (χ2n) is 8.23. The number of rotatable bonds is 6. The average Bonchev–Trinajstić information content (AvgIpc) is 3.17. The van der Waals surface area contributed by atoms with E-state index in [-0.39, 0.29) is 29.0 Å². The van der Waals surface area contributed by atoms with Crippen molar-refractivity contribution < 1.29 is 13.2 Å². The van der Waals surface area contributed by atoms with Crippen molar-refractivity contribution in [2.75, 3.05) is 0 Å². The van der Waals surface area contributed by atoms with Crippen LogP contribution in [0, 0.1) is 0 Å². The molecule has 0 unspecified atom stereocenters. The minimum absolute atomic E-state index is 0.111. The molecule has 0 saturated heterocycles. The Bertz CT molecular complexity index is 1710. The summed E-state index contributed by atoms with van der Waals surface area (Å²) in [7, 11) is 1.42. The third-order valence-corrected chi connectivity index (χ3v) is 6.30. The first-order valence-corrected chi connectivity index (χ1v) is 11.9. The van der Waals surface area contributed by atoms with Gasteiger partial charge in [0.25, 0.3) is 5.56 Å². The molecular formula is C26H20Cl2F3N5O2. The highest BCUT2D eigenvalue weighted by Gasteiger charge is 2.31. The highest BCUT2D eigenvalue weighted by atomic mass is 35.5. The van der Waals surface area contributed by atoms with Crippen LogP contribution >= 0.6 is 23.2 Å². The summed E-state index contributed by atoms with van der Waals surface area (Å²) in [5.74, 6) is 0. The lowest BCUT2D eigenvalue weighted by molar-refractivity contribution is -0.137. The number of halogens is 5. The van der Waals surface area contributed by atoms with Gasteiger partial charge in [0.2, 0.25) is 0 Å². The Hall–Kier alpha value is -3.89. The number of alkyl halides is 3. The van der Waals surface area contributed by atoms with Crippen molar-refractivity contribution in [2.24, 2.45) is 7.05 Å². The number of aryl methyl sites for hydroxylation is 1. The number of hydrogen-bond acceptors (Lipinski definition) is 4. The van der Waals surface area contributed by atoms with Crippen LogP contribution in [-0.4, -0.2) is 24.0 Å². The number of pyridine rings is 1. The Balaban J connectivity index is 2.03. The normalized spacial score (nSPS) is 12.6. The predicted molar refractivity (Wildman–Crippen MR) is 141 cm³/mol. The van der Waals surface area contributed by atoms with E-state index in [1.807, 2.05) is 0 Å². The number of nitrogens with zero attached hydrogens (tertiary/aromatic N) is 5. The van der Waals surface area contributed by atoms with Crippen LogP contribution in [0.15, 0.2) is 82.0 Å². The molecule has 1 aromatic carbocycles. The monoisotopic (exact) mass is 561 g/mol. The molecule has 7 nitrogen and oxygen atoms in total. The second-order valence-corrected chi connectivity index (χ2v) is 9.10. The summed E-state index contributed by atoms with van der Waals surface area (Å²) in [6.07, 6.45) is 0.961. The van der Waals surface area contributed by atoms with E-state index in [0.29, 0.717) is 27.4 Å². The quantitative estimate of drug-likeness (QED) is 0.283. The molecule has 0 saturated carbocycles. The zero-order valence-corrected chi connectivity index (χ0v) is 21.6. The van der Waals surface area contributed by atoms with Crippen LogP contribution in [0.4, 0.5) is 13.2 Å². The Morgan fingerprint density at radius 1 is 1.11 bits per heavy atom. The Kier molecular flexibility index (Phi) is 7.48. The molecule has 0 radical (unpaired) electrons. The molecule has 38 heavy (non-hydrogen) atoms. The minimum atomic E-state index is -4.57. The maximum absolute atomic E-state index is 14.0. The molecule has 0 aliphatic carbocycles. The Labute approximate surface area is 224 Å². The van der Waals surface area contributed by atoms with Crippen molar-refractivity contribution >= 4 is 34.4 Å². The molecule has 0 amide bonds. The van der Waals surface area contributed by atoms with E-state index in [1.165, 1.54) is 7.05 Å². The lowest BCUT2D eigenvalue weighted by Gasteiger charge is -2.16. The number of allylic oxidation sites excluding steroid dienone is 5. The lowest BCUT2D eigenvalue weighted by Crippen LogP contribution is -2.35. The molecule has 0 fully saturated rings. The lowest BCUT2D eigenvalue weighted by atomic mass is 9.97. The van der Waals surface area contributed by atoms with E-state index in [0.717, 1.165) is 26.0 Å². The first kappa shape index (κ1) is 27.2. The van der Waals surface area contributed by atoms with Gasteiger partial charge >= 0.3 is 11.9 Å². The standard InChI is InChI=1S/C26H20Cl2F3N5O2/c1-4-18(27)9-5-15(2)21-22(16-6-10-19(28)11-7-16)24(37)35(36-23(21)33-34(3)25(36)38)14-20-12-8-17(13-32-20)26(29,30)31/h4-13H,2,14H2,1,3H3/b9-5-,18-4+. The highest BCUT2D eigenvalue weighted by molar-refractivity contribution is 6.31. The maximum atomic E-state index is 14.0. The third kappa shape index (κ3) is 5.23. The minimum Gasteiger partial charge on any atom is -0.267 e. The summed E-state index contributed by atoms with van der Waals surface area (Å²) in [5, 5.41) is 5.21. The van der Waals surface area contributed by atoms with Gasteiger partial charge in [-0.2, -0.15) is 17.7 Å². The van der Waals surface area contributed by atoms with Gasteiger partial charge in [-0.25, -0.2) is 14.2 Å². The van der Waals surface area contributed by atoms with E-state index in [4.69, 9.17) is 23.2 Å². The van der Waals surface area contributed by atoms with Gasteiger partial charge in [0, 0.05) is 28.9 Å². The van der Waals surface area contributed by atoms with Gasteiger partial charge in [0.15, 0.2) is 5.65 Å². The van der Waals surface area contributed by atoms with Crippen molar-refractivity contribution in [3.63, 3.8) is 0 Å². The summed E-state index contributed by atoms with van der Waals surface area (Å²) in [6.45, 7) is 5.53. The molecule has 3 aromatic heterocycles. The molecule has 4 rings (SSSR count). The van der Waals surface area contributed by atoms with E-state index >= 15 is 0 Å². The Morgan fingerprint density at radius 2 is 1.79 bits per heavy atom. The molecule has 0 bridgehead atoms. The van der Waals surface area contributed by atoms with Crippen LogP contribution in [0.1, 0.15) is 23.7 Å². The summed E-state index contributed by atoms with van der Waals surface area (Å²) < 4.78 is 42.2. The van der Waals surface area contributed by atoms with Gasteiger partial charge in [-0.05, 0) is 48.4 Å². The van der Waals surface area contributed by atoms with Crippen molar-refractivity contribution in [2.45, 2.75) is 19.6 Å². The summed E-state index contributed by atoms with van der Waals surface area (Å²) in [5.41, 5.74) is -0.683. The molecule has 0 atom stereocenters. The van der Waals surface area contributed by atoms with Crippen LogP contribution in [0.3, 0.4) is 0 Å². The average molecular weight is 562 g/mol. The fourth-order valence-electron chi connectivity index (χ4n) is 3.80. The number of hydrogen-bond donors (Lipinski definition) is 0. The molecular weight excluding hydrogens is 542 g/mol. The van der Waals surface area contributed by atoms with Gasteiger partial charge in [-0.15, -0.1) is 5.10 Å².